The first-order valence-corrected chi connectivity index (χ1v) is 7.28. The van der Waals surface area contributed by atoms with Gasteiger partial charge in [-0.1, -0.05) is 30.3 Å². The second kappa shape index (κ2) is 6.60. The molecule has 1 aliphatic heterocycles. The molecule has 2 amide bonds. The lowest BCUT2D eigenvalue weighted by Gasteiger charge is -2.34. The third-order valence-corrected chi connectivity index (χ3v) is 4.02. The number of carbonyl (C=O) groups is 3. The van der Waals surface area contributed by atoms with Gasteiger partial charge in [0.05, 0.1) is 6.42 Å². The predicted octanol–water partition coefficient (Wildman–Crippen LogP) is 1.16. The van der Waals surface area contributed by atoms with Crippen LogP contribution < -0.4 is 5.32 Å². The zero-order chi connectivity index (χ0) is 16.2. The molecule has 2 N–H and O–H groups in total. The van der Waals surface area contributed by atoms with Crippen molar-refractivity contribution >= 4 is 17.8 Å². The van der Waals surface area contributed by atoms with Crippen LogP contribution in [0.5, 0.6) is 0 Å². The fourth-order valence-corrected chi connectivity index (χ4v) is 2.63. The second-order valence-corrected chi connectivity index (χ2v) is 5.64. The monoisotopic (exact) mass is 304 g/mol. The average Bonchev–Trinajstić information content (AvgIpc) is 2.77. The summed E-state index contributed by atoms with van der Waals surface area (Å²) in [6.07, 6.45) is 0.641. The number of aliphatic carboxylic acids is 1. The third-order valence-electron chi connectivity index (χ3n) is 4.02. The van der Waals surface area contributed by atoms with Crippen molar-refractivity contribution < 1.29 is 19.5 Å². The number of nitrogens with zero attached hydrogens (tertiary/aromatic N) is 1. The van der Waals surface area contributed by atoms with Gasteiger partial charge in [-0.15, -0.1) is 0 Å². The fourth-order valence-electron chi connectivity index (χ4n) is 2.63. The van der Waals surface area contributed by atoms with E-state index in [0.29, 0.717) is 19.4 Å². The van der Waals surface area contributed by atoms with Crippen LogP contribution >= 0.6 is 0 Å². The molecule has 1 unspecified atom stereocenters. The molecular weight excluding hydrogens is 284 g/mol. The SMILES string of the molecule is CC1(C(=O)NCCC(=O)O)CCC(=O)N1Cc1ccccc1. The Balaban J connectivity index is 2.07. The normalized spacial score (nSPS) is 21.0. The van der Waals surface area contributed by atoms with Crippen molar-refractivity contribution in [2.24, 2.45) is 0 Å². The molecular formula is C16H20N2O4. The number of amides is 2. The zero-order valence-corrected chi connectivity index (χ0v) is 12.5. The van der Waals surface area contributed by atoms with Gasteiger partial charge in [-0.3, -0.25) is 14.4 Å². The molecule has 2 rings (SSSR count). The number of carbonyl (C=O) groups excluding carboxylic acids is 2. The van der Waals surface area contributed by atoms with E-state index in [9.17, 15) is 14.4 Å². The maximum Gasteiger partial charge on any atom is 0.305 e. The van der Waals surface area contributed by atoms with E-state index in [1.807, 2.05) is 30.3 Å². The number of benzene rings is 1. The van der Waals surface area contributed by atoms with E-state index in [0.717, 1.165) is 5.56 Å². The van der Waals surface area contributed by atoms with Crippen LogP contribution in [0.15, 0.2) is 30.3 Å². The smallest absolute Gasteiger partial charge is 0.305 e. The van der Waals surface area contributed by atoms with Crippen LogP contribution in [-0.4, -0.2) is 39.9 Å². The largest absolute Gasteiger partial charge is 0.481 e. The number of hydrogen-bond donors (Lipinski definition) is 2. The Morgan fingerprint density at radius 3 is 2.64 bits per heavy atom. The maximum absolute atomic E-state index is 12.4. The van der Waals surface area contributed by atoms with E-state index < -0.39 is 11.5 Å². The van der Waals surface area contributed by atoms with Crippen molar-refractivity contribution in [2.45, 2.75) is 38.3 Å². The topological polar surface area (TPSA) is 86.7 Å². The highest BCUT2D eigenvalue weighted by Crippen LogP contribution is 2.31. The highest BCUT2D eigenvalue weighted by Gasteiger charge is 2.46. The molecule has 0 radical (unpaired) electrons. The second-order valence-electron chi connectivity index (χ2n) is 5.64. The van der Waals surface area contributed by atoms with Crippen LogP contribution in [-0.2, 0) is 20.9 Å². The van der Waals surface area contributed by atoms with Gasteiger partial charge >= 0.3 is 5.97 Å². The van der Waals surface area contributed by atoms with Gasteiger partial charge in [0.25, 0.3) is 0 Å². The molecule has 1 heterocycles. The van der Waals surface area contributed by atoms with E-state index >= 15 is 0 Å². The first-order chi connectivity index (χ1) is 10.4. The van der Waals surface area contributed by atoms with E-state index in [4.69, 9.17) is 5.11 Å². The Bertz CT molecular complexity index is 573. The van der Waals surface area contributed by atoms with Crippen LogP contribution in [0, 0.1) is 0 Å². The van der Waals surface area contributed by atoms with Gasteiger partial charge in [-0.25, -0.2) is 0 Å². The van der Waals surface area contributed by atoms with Crippen LogP contribution in [0.2, 0.25) is 0 Å². The lowest BCUT2D eigenvalue weighted by molar-refractivity contribution is -0.141. The molecule has 0 saturated carbocycles. The molecule has 1 aromatic rings. The molecule has 1 aliphatic rings. The average molecular weight is 304 g/mol. The summed E-state index contributed by atoms with van der Waals surface area (Å²) < 4.78 is 0. The van der Waals surface area contributed by atoms with Crippen molar-refractivity contribution in [3.63, 3.8) is 0 Å². The minimum Gasteiger partial charge on any atom is -0.481 e. The van der Waals surface area contributed by atoms with Crippen molar-refractivity contribution in [1.29, 1.82) is 0 Å². The van der Waals surface area contributed by atoms with Crippen LogP contribution in [0.4, 0.5) is 0 Å². The van der Waals surface area contributed by atoms with E-state index in [-0.39, 0.29) is 24.8 Å². The highest BCUT2D eigenvalue weighted by molar-refractivity contribution is 5.94. The summed E-state index contributed by atoms with van der Waals surface area (Å²) in [6.45, 7) is 2.18. The van der Waals surface area contributed by atoms with Crippen molar-refractivity contribution in [3.05, 3.63) is 35.9 Å². The Morgan fingerprint density at radius 2 is 2.00 bits per heavy atom. The number of nitrogens with one attached hydrogen (secondary N) is 1. The van der Waals surface area contributed by atoms with Gasteiger partial charge in [0.1, 0.15) is 5.54 Å². The summed E-state index contributed by atoms with van der Waals surface area (Å²) >= 11 is 0. The summed E-state index contributed by atoms with van der Waals surface area (Å²) in [4.78, 5) is 36.6. The van der Waals surface area contributed by atoms with Crippen LogP contribution in [0.25, 0.3) is 0 Å². The van der Waals surface area contributed by atoms with Gasteiger partial charge < -0.3 is 15.3 Å². The lowest BCUT2D eigenvalue weighted by atomic mass is 9.97. The molecule has 22 heavy (non-hydrogen) atoms. The Morgan fingerprint density at radius 1 is 1.32 bits per heavy atom. The quantitative estimate of drug-likeness (QED) is 0.825. The van der Waals surface area contributed by atoms with Crippen LogP contribution in [0.1, 0.15) is 31.7 Å². The van der Waals surface area contributed by atoms with Crippen molar-refractivity contribution in [1.82, 2.24) is 10.2 Å². The first kappa shape index (κ1) is 16.0. The number of likely N-dealkylation sites (tertiary alicyclic amines) is 1. The summed E-state index contributed by atoms with van der Waals surface area (Å²) in [5.41, 5.74) is 0.0353. The first-order valence-electron chi connectivity index (χ1n) is 7.28. The van der Waals surface area contributed by atoms with Crippen LogP contribution in [0.3, 0.4) is 0 Å². The molecule has 1 atom stereocenters. The Labute approximate surface area is 129 Å². The van der Waals surface area contributed by atoms with Gasteiger partial charge in [0, 0.05) is 19.5 Å². The number of carboxylic acids is 1. The molecule has 1 fully saturated rings. The highest BCUT2D eigenvalue weighted by atomic mass is 16.4. The molecule has 6 nitrogen and oxygen atoms in total. The van der Waals surface area contributed by atoms with Crippen molar-refractivity contribution in [3.8, 4) is 0 Å². The summed E-state index contributed by atoms with van der Waals surface area (Å²) in [5, 5.41) is 11.2. The van der Waals surface area contributed by atoms with Gasteiger partial charge in [-0.2, -0.15) is 0 Å². The van der Waals surface area contributed by atoms with Gasteiger partial charge in [-0.05, 0) is 18.9 Å². The van der Waals surface area contributed by atoms with Crippen molar-refractivity contribution in [2.75, 3.05) is 6.54 Å². The Kier molecular flexibility index (Phi) is 4.80. The zero-order valence-electron chi connectivity index (χ0n) is 12.5. The summed E-state index contributed by atoms with van der Waals surface area (Å²) in [6, 6.07) is 9.50. The fraction of sp³-hybridized carbons (Fsp3) is 0.438. The number of carboxylic acid groups (broad SMARTS) is 1. The molecule has 0 aliphatic carbocycles. The molecule has 0 bridgehead atoms. The molecule has 0 aromatic heterocycles. The lowest BCUT2D eigenvalue weighted by Crippen LogP contribution is -2.54. The molecule has 1 aromatic carbocycles. The number of rotatable bonds is 6. The third kappa shape index (κ3) is 3.44. The minimum atomic E-state index is -0.964. The molecule has 1 saturated heterocycles. The number of hydrogen-bond acceptors (Lipinski definition) is 3. The molecule has 0 spiro atoms. The van der Waals surface area contributed by atoms with E-state index in [1.165, 1.54) is 0 Å². The predicted molar refractivity (Wildman–Crippen MR) is 79.9 cm³/mol. The maximum atomic E-state index is 12.4. The van der Waals surface area contributed by atoms with E-state index in [2.05, 4.69) is 5.32 Å². The summed E-state index contributed by atoms with van der Waals surface area (Å²) in [5.74, 6) is -1.32. The summed E-state index contributed by atoms with van der Waals surface area (Å²) in [7, 11) is 0. The van der Waals surface area contributed by atoms with Gasteiger partial charge in [0.2, 0.25) is 11.8 Å². The molecule has 6 heteroatoms. The standard InChI is InChI=1S/C16H20N2O4/c1-16(15(22)17-10-8-14(20)21)9-7-13(19)18(16)11-12-5-3-2-4-6-12/h2-6H,7-11H2,1H3,(H,17,22)(H,20,21). The molecule has 118 valence electrons. The minimum absolute atomic E-state index is 0.0558. The van der Waals surface area contributed by atoms with Gasteiger partial charge in [0.15, 0.2) is 0 Å². The Hall–Kier alpha value is -2.37. The van der Waals surface area contributed by atoms with E-state index in [1.54, 1.807) is 11.8 Å².